The van der Waals surface area contributed by atoms with Gasteiger partial charge in [0.15, 0.2) is 10.9 Å². The fourth-order valence-corrected chi connectivity index (χ4v) is 5.39. The maximum Gasteiger partial charge on any atom is 0.200 e. The van der Waals surface area contributed by atoms with Gasteiger partial charge >= 0.3 is 0 Å². The van der Waals surface area contributed by atoms with Crippen molar-refractivity contribution in [1.82, 2.24) is 19.7 Å². The van der Waals surface area contributed by atoms with E-state index in [1.54, 1.807) is 40.7 Å². The van der Waals surface area contributed by atoms with Crippen LogP contribution >= 0.6 is 34.4 Å². The molecular formula is C21H16N4OS3. The van der Waals surface area contributed by atoms with Crippen LogP contribution in [0, 0.1) is 0 Å². The third-order valence-electron chi connectivity index (χ3n) is 4.31. The molecule has 29 heavy (non-hydrogen) atoms. The Labute approximate surface area is 180 Å². The molecule has 0 saturated heterocycles. The minimum atomic E-state index is 0.684. The molecular weight excluding hydrogens is 420 g/mol. The molecule has 5 nitrogen and oxygen atoms in total. The summed E-state index contributed by atoms with van der Waals surface area (Å²) in [5, 5.41) is 17.1. The van der Waals surface area contributed by atoms with Crippen molar-refractivity contribution in [1.29, 1.82) is 0 Å². The van der Waals surface area contributed by atoms with Gasteiger partial charge in [-0.25, -0.2) is 4.98 Å². The van der Waals surface area contributed by atoms with Gasteiger partial charge in [-0.15, -0.1) is 21.5 Å². The number of hydrogen-bond donors (Lipinski definition) is 0. The Morgan fingerprint density at radius 1 is 1.00 bits per heavy atom. The average molecular weight is 437 g/mol. The zero-order chi connectivity index (χ0) is 19.5. The van der Waals surface area contributed by atoms with E-state index in [0.29, 0.717) is 12.3 Å². The second-order valence-corrected chi connectivity index (χ2v) is 8.88. The zero-order valence-electron chi connectivity index (χ0n) is 15.3. The van der Waals surface area contributed by atoms with E-state index in [0.717, 1.165) is 27.4 Å². The number of furan rings is 1. The molecule has 5 rings (SSSR count). The van der Waals surface area contributed by atoms with Gasteiger partial charge in [-0.1, -0.05) is 42.1 Å². The third-order valence-corrected chi connectivity index (χ3v) is 6.93. The largest absolute Gasteiger partial charge is 0.461 e. The van der Waals surface area contributed by atoms with Crippen LogP contribution < -0.4 is 0 Å². The molecule has 8 heteroatoms. The number of thioether (sulfide) groups is 1. The van der Waals surface area contributed by atoms with Gasteiger partial charge in [-0.05, 0) is 29.1 Å². The van der Waals surface area contributed by atoms with Crippen LogP contribution in [0.5, 0.6) is 0 Å². The van der Waals surface area contributed by atoms with Crippen molar-refractivity contribution in [3.63, 3.8) is 0 Å². The Bertz CT molecular complexity index is 1180. The number of benzene rings is 1. The van der Waals surface area contributed by atoms with Crippen LogP contribution in [-0.2, 0) is 12.3 Å². The van der Waals surface area contributed by atoms with E-state index >= 15 is 0 Å². The Balaban J connectivity index is 1.39. The van der Waals surface area contributed by atoms with Gasteiger partial charge in [0.05, 0.1) is 18.5 Å². The molecule has 0 radical (unpaired) electrons. The second kappa shape index (κ2) is 8.36. The van der Waals surface area contributed by atoms with Crippen molar-refractivity contribution in [2.24, 2.45) is 0 Å². The smallest absolute Gasteiger partial charge is 0.200 e. The van der Waals surface area contributed by atoms with Crippen molar-refractivity contribution in [2.75, 3.05) is 0 Å². The summed E-state index contributed by atoms with van der Waals surface area (Å²) < 4.78 is 7.68. The van der Waals surface area contributed by atoms with Crippen molar-refractivity contribution in [3.05, 3.63) is 82.2 Å². The van der Waals surface area contributed by atoms with Crippen molar-refractivity contribution in [2.45, 2.75) is 17.5 Å². The fourth-order valence-electron chi connectivity index (χ4n) is 2.92. The van der Waals surface area contributed by atoms with Crippen LogP contribution in [0.4, 0.5) is 0 Å². The summed E-state index contributed by atoms with van der Waals surface area (Å²) in [6, 6.07) is 16.2. The van der Waals surface area contributed by atoms with Gasteiger partial charge in [0.25, 0.3) is 0 Å². The third kappa shape index (κ3) is 4.05. The molecule has 0 bridgehead atoms. The van der Waals surface area contributed by atoms with Crippen LogP contribution in [0.3, 0.4) is 0 Å². The quantitative estimate of drug-likeness (QED) is 0.290. The van der Waals surface area contributed by atoms with Gasteiger partial charge in [0.2, 0.25) is 5.82 Å². The van der Waals surface area contributed by atoms with Crippen molar-refractivity contribution in [3.8, 4) is 22.2 Å². The number of nitrogens with zero attached hydrogens (tertiary/aromatic N) is 4. The lowest BCUT2D eigenvalue weighted by Gasteiger charge is -2.09. The first-order valence-corrected chi connectivity index (χ1v) is 11.8. The maximum absolute atomic E-state index is 5.58. The average Bonchev–Trinajstić information content (AvgIpc) is 3.54. The Kier molecular flexibility index (Phi) is 5.29. The monoisotopic (exact) mass is 436 g/mol. The topological polar surface area (TPSA) is 56.7 Å². The summed E-state index contributed by atoms with van der Waals surface area (Å²) >= 11 is 5.01. The fraction of sp³-hybridized carbons (Fsp3) is 0.0952. The highest BCUT2D eigenvalue weighted by Gasteiger charge is 2.17. The standard InChI is InChI=1S/C21H16N4OS3/c1-2-5-15(6-3-1)11-25-19(18-7-4-9-26-18)23-24-21(25)29-14-17-13-28-20(22-17)16-8-10-27-12-16/h1-10,12-13H,11,14H2. The van der Waals surface area contributed by atoms with Crippen molar-refractivity contribution >= 4 is 34.4 Å². The molecule has 0 unspecified atom stereocenters. The SMILES string of the molecule is c1ccc(Cn2c(SCc3csc(-c4ccsc4)n3)nnc2-c2ccco2)cc1. The van der Waals surface area contributed by atoms with Gasteiger partial charge in [-0.3, -0.25) is 4.57 Å². The van der Waals surface area contributed by atoms with Gasteiger partial charge in [0, 0.05) is 22.1 Å². The molecule has 0 atom stereocenters. The Morgan fingerprint density at radius 2 is 1.93 bits per heavy atom. The zero-order valence-corrected chi connectivity index (χ0v) is 17.7. The second-order valence-electron chi connectivity index (χ2n) is 6.30. The molecule has 0 aliphatic carbocycles. The van der Waals surface area contributed by atoms with Crippen LogP contribution in [-0.4, -0.2) is 19.7 Å². The summed E-state index contributed by atoms with van der Waals surface area (Å²) in [5.41, 5.74) is 3.42. The van der Waals surface area contributed by atoms with E-state index in [1.807, 2.05) is 30.3 Å². The minimum Gasteiger partial charge on any atom is -0.461 e. The van der Waals surface area contributed by atoms with E-state index in [-0.39, 0.29) is 0 Å². The van der Waals surface area contributed by atoms with E-state index < -0.39 is 0 Å². The van der Waals surface area contributed by atoms with Crippen molar-refractivity contribution < 1.29 is 4.42 Å². The maximum atomic E-state index is 5.58. The first-order valence-electron chi connectivity index (χ1n) is 8.97. The number of hydrogen-bond acceptors (Lipinski definition) is 7. The molecule has 1 aromatic carbocycles. The molecule has 0 N–H and O–H groups in total. The van der Waals surface area contributed by atoms with Gasteiger partial charge in [-0.2, -0.15) is 11.3 Å². The van der Waals surface area contributed by atoms with E-state index in [2.05, 4.69) is 49.1 Å². The highest BCUT2D eigenvalue weighted by atomic mass is 32.2. The Morgan fingerprint density at radius 3 is 2.72 bits per heavy atom. The minimum absolute atomic E-state index is 0.684. The van der Waals surface area contributed by atoms with Crippen LogP contribution in [0.25, 0.3) is 22.2 Å². The van der Waals surface area contributed by atoms with Crippen LogP contribution in [0.2, 0.25) is 0 Å². The Hall–Kier alpha value is -2.68. The van der Waals surface area contributed by atoms with E-state index in [9.17, 15) is 0 Å². The number of thiophene rings is 1. The summed E-state index contributed by atoms with van der Waals surface area (Å²) in [6.07, 6.45) is 1.66. The molecule has 4 aromatic heterocycles. The molecule has 144 valence electrons. The number of thiazole rings is 1. The predicted molar refractivity (Wildman–Crippen MR) is 118 cm³/mol. The molecule has 5 aromatic rings. The number of rotatable bonds is 7. The highest BCUT2D eigenvalue weighted by molar-refractivity contribution is 7.98. The molecule has 0 amide bonds. The molecule has 0 spiro atoms. The lowest BCUT2D eigenvalue weighted by molar-refractivity contribution is 0.569. The highest BCUT2D eigenvalue weighted by Crippen LogP contribution is 2.30. The van der Waals surface area contributed by atoms with Gasteiger partial charge < -0.3 is 4.42 Å². The number of aromatic nitrogens is 4. The summed E-state index contributed by atoms with van der Waals surface area (Å²) in [7, 11) is 0. The normalized spacial score (nSPS) is 11.2. The first-order chi connectivity index (χ1) is 14.4. The molecule has 0 aliphatic heterocycles. The van der Waals surface area contributed by atoms with E-state index in [4.69, 9.17) is 9.40 Å². The molecule has 0 saturated carbocycles. The predicted octanol–water partition coefficient (Wildman–Crippen LogP) is 6.06. The van der Waals surface area contributed by atoms with Crippen LogP contribution in [0.15, 0.2) is 80.5 Å². The summed E-state index contributed by atoms with van der Waals surface area (Å²) in [5.74, 6) is 2.19. The molecule has 0 aliphatic rings. The lowest BCUT2D eigenvalue weighted by Crippen LogP contribution is -2.04. The first kappa shape index (κ1) is 18.4. The molecule has 0 fully saturated rings. The lowest BCUT2D eigenvalue weighted by atomic mass is 10.2. The van der Waals surface area contributed by atoms with E-state index in [1.165, 1.54) is 11.1 Å². The summed E-state index contributed by atoms with van der Waals surface area (Å²) in [4.78, 5) is 4.77. The van der Waals surface area contributed by atoms with Crippen LogP contribution in [0.1, 0.15) is 11.3 Å². The molecule has 4 heterocycles. The van der Waals surface area contributed by atoms with Gasteiger partial charge in [0.1, 0.15) is 5.01 Å². The summed E-state index contributed by atoms with van der Waals surface area (Å²) in [6.45, 7) is 0.684.